The molecule has 0 aliphatic rings. The third kappa shape index (κ3) is 2.79. The Labute approximate surface area is 171 Å². The van der Waals surface area contributed by atoms with Crippen molar-refractivity contribution in [2.24, 2.45) is 0 Å². The van der Waals surface area contributed by atoms with Gasteiger partial charge in [-0.15, -0.1) is 22.7 Å². The smallest absolute Gasteiger partial charge is 0.268 e. The second-order valence-electron chi connectivity index (χ2n) is 6.07. The number of carbonyl (C=O) groups is 1. The van der Waals surface area contributed by atoms with Gasteiger partial charge in [-0.05, 0) is 30.3 Å². The molecule has 4 nitrogen and oxygen atoms in total. The molecule has 0 aliphatic heterocycles. The fraction of sp³-hybridized carbons (Fsp3) is 0. The van der Waals surface area contributed by atoms with Gasteiger partial charge in [-0.2, -0.15) is 0 Å². The van der Waals surface area contributed by atoms with Crippen molar-refractivity contribution in [3.8, 4) is 11.3 Å². The maximum atomic E-state index is 13.3. The van der Waals surface area contributed by atoms with Crippen LogP contribution in [0.15, 0.2) is 60.1 Å². The summed E-state index contributed by atoms with van der Waals surface area (Å²) >= 11 is 9.25. The molecule has 3 heterocycles. The van der Waals surface area contributed by atoms with E-state index in [4.69, 9.17) is 11.6 Å². The van der Waals surface area contributed by atoms with Crippen LogP contribution in [0.25, 0.3) is 26.3 Å². The van der Waals surface area contributed by atoms with E-state index in [1.54, 1.807) is 12.1 Å². The number of amides is 1. The van der Waals surface area contributed by atoms with E-state index < -0.39 is 0 Å². The molecule has 2 aromatic carbocycles. The summed E-state index contributed by atoms with van der Waals surface area (Å²) in [6.07, 6.45) is 1.84. The molecule has 0 unspecified atom stereocenters. The summed E-state index contributed by atoms with van der Waals surface area (Å²) in [7, 11) is 0. The molecular formula is C20H11ClFN3OS2. The number of thiazole rings is 1. The van der Waals surface area contributed by atoms with Gasteiger partial charge in [-0.25, -0.2) is 9.37 Å². The van der Waals surface area contributed by atoms with Crippen molar-refractivity contribution in [3.63, 3.8) is 0 Å². The molecule has 8 heteroatoms. The highest BCUT2D eigenvalue weighted by atomic mass is 35.5. The van der Waals surface area contributed by atoms with E-state index in [0.717, 1.165) is 20.6 Å². The van der Waals surface area contributed by atoms with Crippen molar-refractivity contribution in [2.45, 2.75) is 0 Å². The maximum absolute atomic E-state index is 13.3. The van der Waals surface area contributed by atoms with Crippen molar-refractivity contribution >= 4 is 61.0 Å². The average Bonchev–Trinajstić information content (AvgIpc) is 3.38. The third-order valence-corrected chi connectivity index (χ3v) is 6.78. The summed E-state index contributed by atoms with van der Waals surface area (Å²) in [5, 5.41) is 6.13. The molecule has 0 radical (unpaired) electrons. The highest BCUT2D eigenvalue weighted by Crippen LogP contribution is 2.37. The van der Waals surface area contributed by atoms with Gasteiger partial charge in [0.1, 0.15) is 22.2 Å². The Kier molecular flexibility index (Phi) is 4.16. The zero-order chi connectivity index (χ0) is 19.3. The van der Waals surface area contributed by atoms with Gasteiger partial charge in [0.25, 0.3) is 5.91 Å². The molecule has 0 atom stereocenters. The molecule has 28 heavy (non-hydrogen) atoms. The molecule has 5 rings (SSSR count). The van der Waals surface area contributed by atoms with Gasteiger partial charge in [-0.3, -0.25) is 9.20 Å². The van der Waals surface area contributed by atoms with Crippen LogP contribution in [0.1, 0.15) is 9.67 Å². The summed E-state index contributed by atoms with van der Waals surface area (Å²) in [6.45, 7) is 0. The Hall–Kier alpha value is -2.74. The highest BCUT2D eigenvalue weighted by Gasteiger charge is 2.22. The van der Waals surface area contributed by atoms with Crippen LogP contribution in [-0.4, -0.2) is 15.3 Å². The molecule has 1 N–H and O–H groups in total. The van der Waals surface area contributed by atoms with Crippen molar-refractivity contribution in [1.29, 1.82) is 0 Å². The van der Waals surface area contributed by atoms with E-state index >= 15 is 0 Å². The number of fused-ring (bicyclic) bond motifs is 2. The lowest BCUT2D eigenvalue weighted by Gasteiger charge is -2.06. The first kappa shape index (κ1) is 17.4. The van der Waals surface area contributed by atoms with E-state index in [-0.39, 0.29) is 11.7 Å². The minimum Gasteiger partial charge on any atom is -0.305 e. The predicted molar refractivity (Wildman–Crippen MR) is 113 cm³/mol. The third-order valence-electron chi connectivity index (χ3n) is 4.35. The Morgan fingerprint density at radius 1 is 1.14 bits per heavy atom. The maximum Gasteiger partial charge on any atom is 0.268 e. The number of imidazole rings is 1. The quantitative estimate of drug-likeness (QED) is 0.366. The molecule has 138 valence electrons. The number of hydrogen-bond acceptors (Lipinski definition) is 4. The second kappa shape index (κ2) is 6.70. The fourth-order valence-electron chi connectivity index (χ4n) is 3.04. The number of anilines is 1. The van der Waals surface area contributed by atoms with Gasteiger partial charge >= 0.3 is 0 Å². The molecular weight excluding hydrogens is 417 g/mol. The first-order chi connectivity index (χ1) is 13.6. The number of halogens is 2. The van der Waals surface area contributed by atoms with Crippen LogP contribution < -0.4 is 5.32 Å². The number of nitrogens with zero attached hydrogens (tertiary/aromatic N) is 2. The molecule has 3 aromatic heterocycles. The van der Waals surface area contributed by atoms with Gasteiger partial charge in [0.2, 0.25) is 0 Å². The van der Waals surface area contributed by atoms with Gasteiger partial charge < -0.3 is 5.32 Å². The van der Waals surface area contributed by atoms with E-state index in [1.165, 1.54) is 34.8 Å². The van der Waals surface area contributed by atoms with E-state index in [0.29, 0.717) is 21.4 Å². The number of carbonyl (C=O) groups excluding carboxylic acids is 1. The molecule has 0 fully saturated rings. The highest BCUT2D eigenvalue weighted by molar-refractivity contribution is 7.21. The van der Waals surface area contributed by atoms with E-state index in [9.17, 15) is 9.18 Å². The summed E-state index contributed by atoms with van der Waals surface area (Å²) in [4.78, 5) is 18.8. The van der Waals surface area contributed by atoms with Gasteiger partial charge in [0.15, 0.2) is 4.96 Å². The number of benzene rings is 2. The second-order valence-corrected chi connectivity index (χ2v) is 8.37. The van der Waals surface area contributed by atoms with Crippen LogP contribution in [0.5, 0.6) is 0 Å². The van der Waals surface area contributed by atoms with Crippen LogP contribution >= 0.6 is 34.3 Å². The summed E-state index contributed by atoms with van der Waals surface area (Å²) in [6, 6.07) is 13.7. The van der Waals surface area contributed by atoms with Crippen molar-refractivity contribution < 1.29 is 9.18 Å². The summed E-state index contributed by atoms with van der Waals surface area (Å²) < 4.78 is 16.1. The van der Waals surface area contributed by atoms with Gasteiger partial charge in [0.05, 0.1) is 5.02 Å². The zero-order valence-corrected chi connectivity index (χ0v) is 16.5. The SMILES string of the molecule is O=C(Nc1c(-c2ccc(F)cc2)nc2sccn12)c1sc2ccccc2c1Cl. The van der Waals surface area contributed by atoms with Crippen LogP contribution in [-0.2, 0) is 0 Å². The monoisotopic (exact) mass is 427 g/mol. The topological polar surface area (TPSA) is 46.4 Å². The molecule has 0 aliphatic carbocycles. The molecule has 5 aromatic rings. The lowest BCUT2D eigenvalue weighted by Crippen LogP contribution is -2.12. The molecule has 0 saturated carbocycles. The molecule has 0 spiro atoms. The Morgan fingerprint density at radius 3 is 2.71 bits per heavy atom. The van der Waals surface area contributed by atoms with Crippen LogP contribution in [0.2, 0.25) is 5.02 Å². The number of aromatic nitrogens is 2. The van der Waals surface area contributed by atoms with Crippen LogP contribution in [0.3, 0.4) is 0 Å². The first-order valence-corrected chi connectivity index (χ1v) is 10.4. The summed E-state index contributed by atoms with van der Waals surface area (Å²) in [5.74, 6) is -0.101. The van der Waals surface area contributed by atoms with Crippen molar-refractivity contribution in [2.75, 3.05) is 5.32 Å². The van der Waals surface area contributed by atoms with Crippen LogP contribution in [0.4, 0.5) is 10.2 Å². The standard InChI is InChI=1S/C20H11ClFN3OS2/c21-15-13-3-1-2-4-14(13)28-17(15)19(26)24-18-16(11-5-7-12(22)8-6-11)23-20-25(18)9-10-27-20/h1-10H,(H,24,26). The first-order valence-electron chi connectivity index (χ1n) is 8.31. The number of nitrogens with one attached hydrogen (secondary N) is 1. The van der Waals surface area contributed by atoms with E-state index in [2.05, 4.69) is 10.3 Å². The molecule has 1 amide bonds. The Balaban J connectivity index is 1.59. The zero-order valence-electron chi connectivity index (χ0n) is 14.1. The van der Waals surface area contributed by atoms with Gasteiger partial charge in [0, 0.05) is 27.2 Å². The Bertz CT molecular complexity index is 1340. The minimum atomic E-state index is -0.326. The lowest BCUT2D eigenvalue weighted by atomic mass is 10.1. The normalized spacial score (nSPS) is 11.4. The number of hydrogen-bond donors (Lipinski definition) is 1. The average molecular weight is 428 g/mol. The lowest BCUT2D eigenvalue weighted by molar-refractivity contribution is 0.103. The predicted octanol–water partition coefficient (Wildman–Crippen LogP) is 6.32. The molecule has 0 saturated heterocycles. The van der Waals surface area contributed by atoms with Gasteiger partial charge in [-0.1, -0.05) is 29.8 Å². The van der Waals surface area contributed by atoms with E-state index in [1.807, 2.05) is 40.2 Å². The van der Waals surface area contributed by atoms with Crippen molar-refractivity contribution in [1.82, 2.24) is 9.38 Å². The fourth-order valence-corrected chi connectivity index (χ4v) is 5.16. The number of thiophene rings is 1. The van der Waals surface area contributed by atoms with Crippen LogP contribution in [0, 0.1) is 5.82 Å². The Morgan fingerprint density at radius 2 is 1.93 bits per heavy atom. The molecule has 0 bridgehead atoms. The number of rotatable bonds is 3. The van der Waals surface area contributed by atoms with Crippen molar-refractivity contribution in [3.05, 3.63) is 75.8 Å². The largest absolute Gasteiger partial charge is 0.305 e. The summed E-state index contributed by atoms with van der Waals surface area (Å²) in [5.41, 5.74) is 1.30. The minimum absolute atomic E-state index is 0.303.